The summed E-state index contributed by atoms with van der Waals surface area (Å²) in [5, 5.41) is 4.10. The quantitative estimate of drug-likeness (QED) is 0.759. The minimum Gasteiger partial charge on any atom is -0.352 e. The van der Waals surface area contributed by atoms with Crippen LogP contribution in [-0.2, 0) is 17.9 Å². The third kappa shape index (κ3) is 3.54. The number of carbonyl (C=O) groups excluding carboxylic acids is 1. The van der Waals surface area contributed by atoms with Crippen LogP contribution < -0.4 is 5.32 Å². The van der Waals surface area contributed by atoms with Gasteiger partial charge < -0.3 is 9.88 Å². The van der Waals surface area contributed by atoms with Gasteiger partial charge in [-0.3, -0.25) is 9.78 Å². The molecule has 22 heavy (non-hydrogen) atoms. The van der Waals surface area contributed by atoms with Gasteiger partial charge in [0.1, 0.15) is 0 Å². The molecule has 0 radical (unpaired) electrons. The number of fused-ring (bicyclic) bond motifs is 1. The summed E-state index contributed by atoms with van der Waals surface area (Å²) in [6.07, 6.45) is 5.94. The zero-order chi connectivity index (χ0) is 15.4. The van der Waals surface area contributed by atoms with Crippen molar-refractivity contribution < 1.29 is 4.79 Å². The molecule has 1 N–H and O–H groups in total. The second kappa shape index (κ2) is 6.75. The minimum absolute atomic E-state index is 0.0516. The Labute approximate surface area is 137 Å². The van der Waals surface area contributed by atoms with Gasteiger partial charge in [-0.1, -0.05) is 15.9 Å². The first-order chi connectivity index (χ1) is 10.7. The van der Waals surface area contributed by atoms with Crippen LogP contribution in [-0.4, -0.2) is 15.5 Å². The lowest BCUT2D eigenvalue weighted by molar-refractivity contribution is -0.121. The number of aryl methyl sites for hydroxylation is 1. The molecule has 0 spiro atoms. The summed E-state index contributed by atoms with van der Waals surface area (Å²) in [4.78, 5) is 15.9. The summed E-state index contributed by atoms with van der Waals surface area (Å²) in [7, 11) is 0. The van der Waals surface area contributed by atoms with Gasteiger partial charge in [-0.2, -0.15) is 0 Å². The zero-order valence-corrected chi connectivity index (χ0v) is 13.6. The van der Waals surface area contributed by atoms with Crippen molar-refractivity contribution in [2.75, 3.05) is 0 Å². The van der Waals surface area contributed by atoms with E-state index in [0.717, 1.165) is 15.6 Å². The molecule has 3 rings (SSSR count). The summed E-state index contributed by atoms with van der Waals surface area (Å²) in [6.45, 7) is 1.22. The molecule has 0 bridgehead atoms. The van der Waals surface area contributed by atoms with Gasteiger partial charge in [0.25, 0.3) is 0 Å². The maximum Gasteiger partial charge on any atom is 0.222 e. The summed E-state index contributed by atoms with van der Waals surface area (Å²) in [6, 6.07) is 12.0. The SMILES string of the molecule is O=C(CCn1ccc2cc(Br)ccc21)NCc1ccncc1. The topological polar surface area (TPSA) is 46.9 Å². The van der Waals surface area contributed by atoms with Crippen LogP contribution in [0.15, 0.2) is 59.5 Å². The fraction of sp³-hybridized carbons (Fsp3) is 0.176. The van der Waals surface area contributed by atoms with E-state index in [0.29, 0.717) is 19.5 Å². The highest BCUT2D eigenvalue weighted by Crippen LogP contribution is 2.21. The van der Waals surface area contributed by atoms with Crippen LogP contribution in [0.1, 0.15) is 12.0 Å². The molecule has 0 fully saturated rings. The van der Waals surface area contributed by atoms with E-state index < -0.39 is 0 Å². The molecule has 0 aliphatic heterocycles. The average Bonchev–Trinajstić information content (AvgIpc) is 2.94. The Balaban J connectivity index is 1.56. The van der Waals surface area contributed by atoms with Crippen LogP contribution in [0.4, 0.5) is 0 Å². The summed E-state index contributed by atoms with van der Waals surface area (Å²) in [5.74, 6) is 0.0516. The van der Waals surface area contributed by atoms with Crippen molar-refractivity contribution in [3.05, 3.63) is 65.0 Å². The van der Waals surface area contributed by atoms with Gasteiger partial charge in [0.05, 0.1) is 0 Å². The molecule has 1 amide bonds. The van der Waals surface area contributed by atoms with Crippen LogP contribution in [0.25, 0.3) is 10.9 Å². The Hall–Kier alpha value is -2.14. The molecule has 0 unspecified atom stereocenters. The molecule has 5 heteroatoms. The van der Waals surface area contributed by atoms with Crippen LogP contribution in [0.3, 0.4) is 0 Å². The van der Waals surface area contributed by atoms with Gasteiger partial charge >= 0.3 is 0 Å². The first kappa shape index (κ1) is 14.8. The van der Waals surface area contributed by atoms with Gasteiger partial charge in [-0.05, 0) is 42.0 Å². The molecular weight excluding hydrogens is 342 g/mol. The van der Waals surface area contributed by atoms with Crippen molar-refractivity contribution in [1.29, 1.82) is 0 Å². The monoisotopic (exact) mass is 357 g/mol. The van der Waals surface area contributed by atoms with E-state index >= 15 is 0 Å². The van der Waals surface area contributed by atoms with Crippen LogP contribution in [0.2, 0.25) is 0 Å². The minimum atomic E-state index is 0.0516. The normalized spacial score (nSPS) is 10.8. The summed E-state index contributed by atoms with van der Waals surface area (Å²) >= 11 is 3.47. The van der Waals surface area contributed by atoms with Crippen molar-refractivity contribution >= 4 is 32.7 Å². The predicted molar refractivity (Wildman–Crippen MR) is 90.3 cm³/mol. The molecule has 1 aromatic carbocycles. The van der Waals surface area contributed by atoms with E-state index in [1.54, 1.807) is 12.4 Å². The van der Waals surface area contributed by atoms with Crippen LogP contribution in [0.5, 0.6) is 0 Å². The number of aromatic nitrogens is 2. The second-order valence-corrected chi connectivity index (χ2v) is 6.01. The summed E-state index contributed by atoms with van der Waals surface area (Å²) < 4.78 is 3.17. The smallest absolute Gasteiger partial charge is 0.222 e. The number of hydrogen-bond acceptors (Lipinski definition) is 2. The van der Waals surface area contributed by atoms with E-state index in [-0.39, 0.29) is 5.91 Å². The molecule has 0 saturated carbocycles. The highest BCUT2D eigenvalue weighted by atomic mass is 79.9. The number of halogens is 1. The number of hydrogen-bond donors (Lipinski definition) is 1. The fourth-order valence-electron chi connectivity index (χ4n) is 2.38. The Morgan fingerprint density at radius 1 is 1.18 bits per heavy atom. The van der Waals surface area contributed by atoms with Gasteiger partial charge in [-0.15, -0.1) is 0 Å². The molecule has 2 heterocycles. The van der Waals surface area contributed by atoms with E-state index in [4.69, 9.17) is 0 Å². The lowest BCUT2D eigenvalue weighted by Gasteiger charge is -2.07. The van der Waals surface area contributed by atoms with Crippen molar-refractivity contribution in [2.45, 2.75) is 19.5 Å². The zero-order valence-electron chi connectivity index (χ0n) is 12.0. The number of benzene rings is 1. The average molecular weight is 358 g/mol. The molecule has 4 nitrogen and oxygen atoms in total. The predicted octanol–water partition coefficient (Wildman–Crippen LogP) is 3.51. The Morgan fingerprint density at radius 2 is 2.00 bits per heavy atom. The molecule has 0 aliphatic rings. The Bertz CT molecular complexity index is 783. The molecular formula is C17H16BrN3O. The van der Waals surface area contributed by atoms with E-state index in [9.17, 15) is 4.79 Å². The Morgan fingerprint density at radius 3 is 2.82 bits per heavy atom. The third-order valence-electron chi connectivity index (χ3n) is 3.55. The number of nitrogens with zero attached hydrogens (tertiary/aromatic N) is 2. The van der Waals surface area contributed by atoms with E-state index in [2.05, 4.69) is 49.0 Å². The van der Waals surface area contributed by atoms with Crippen molar-refractivity contribution in [2.24, 2.45) is 0 Å². The van der Waals surface area contributed by atoms with E-state index in [1.807, 2.05) is 24.4 Å². The molecule has 2 aromatic heterocycles. The lowest BCUT2D eigenvalue weighted by atomic mass is 10.2. The molecule has 3 aromatic rings. The maximum atomic E-state index is 12.0. The van der Waals surface area contributed by atoms with Gasteiger partial charge in [0.15, 0.2) is 0 Å². The number of pyridine rings is 1. The van der Waals surface area contributed by atoms with Gasteiger partial charge in [0, 0.05) is 53.5 Å². The third-order valence-corrected chi connectivity index (χ3v) is 4.05. The number of amides is 1. The lowest BCUT2D eigenvalue weighted by Crippen LogP contribution is -2.23. The molecule has 0 atom stereocenters. The van der Waals surface area contributed by atoms with Crippen molar-refractivity contribution in [1.82, 2.24) is 14.9 Å². The van der Waals surface area contributed by atoms with Crippen molar-refractivity contribution in [3.8, 4) is 0 Å². The number of carbonyl (C=O) groups is 1. The van der Waals surface area contributed by atoms with Crippen LogP contribution >= 0.6 is 15.9 Å². The maximum absolute atomic E-state index is 12.0. The highest BCUT2D eigenvalue weighted by Gasteiger charge is 2.05. The van der Waals surface area contributed by atoms with Gasteiger partial charge in [-0.25, -0.2) is 0 Å². The Kier molecular flexibility index (Phi) is 4.53. The highest BCUT2D eigenvalue weighted by molar-refractivity contribution is 9.10. The first-order valence-electron chi connectivity index (χ1n) is 7.12. The van der Waals surface area contributed by atoms with Gasteiger partial charge in [0.2, 0.25) is 5.91 Å². The number of nitrogens with one attached hydrogen (secondary N) is 1. The van der Waals surface area contributed by atoms with Crippen LogP contribution in [0, 0.1) is 0 Å². The van der Waals surface area contributed by atoms with E-state index in [1.165, 1.54) is 5.39 Å². The fourth-order valence-corrected chi connectivity index (χ4v) is 2.76. The molecule has 0 aliphatic carbocycles. The molecule has 112 valence electrons. The standard InChI is InChI=1S/C17H16BrN3O/c18-15-1-2-16-14(11-15)5-9-21(16)10-6-17(22)20-12-13-3-7-19-8-4-13/h1-5,7-9,11H,6,10,12H2,(H,20,22). The summed E-state index contributed by atoms with van der Waals surface area (Å²) in [5.41, 5.74) is 2.20. The molecule has 0 saturated heterocycles. The number of rotatable bonds is 5. The largest absolute Gasteiger partial charge is 0.352 e. The second-order valence-electron chi connectivity index (χ2n) is 5.09. The first-order valence-corrected chi connectivity index (χ1v) is 7.92. The van der Waals surface area contributed by atoms with Crippen molar-refractivity contribution in [3.63, 3.8) is 0 Å².